The van der Waals surface area contributed by atoms with E-state index in [2.05, 4.69) is 10.6 Å². The monoisotopic (exact) mass is 278 g/mol. The Hall–Kier alpha value is -1.46. The van der Waals surface area contributed by atoms with E-state index in [-0.39, 0.29) is 11.7 Å². The quantitative estimate of drug-likeness (QED) is 0.869. The number of ether oxygens (including phenoxy) is 1. The number of amides is 1. The summed E-state index contributed by atoms with van der Waals surface area (Å²) in [6.07, 6.45) is 0.928. The summed E-state index contributed by atoms with van der Waals surface area (Å²) in [7, 11) is 0. The molecule has 2 N–H and O–H groups in total. The third-order valence-electron chi connectivity index (χ3n) is 4.40. The molecule has 0 aromatic heterocycles. The molecule has 2 aliphatic heterocycles. The number of hydrogen-bond acceptors (Lipinski definition) is 3. The molecule has 2 atom stereocenters. The Morgan fingerprint density at radius 1 is 1.45 bits per heavy atom. The zero-order valence-corrected chi connectivity index (χ0v) is 11.3. The highest BCUT2D eigenvalue weighted by molar-refractivity contribution is 5.84. The summed E-state index contributed by atoms with van der Waals surface area (Å²) < 4.78 is 18.4. The molecule has 2 heterocycles. The predicted molar refractivity (Wildman–Crippen MR) is 72.5 cm³/mol. The van der Waals surface area contributed by atoms with E-state index in [1.54, 1.807) is 12.1 Å². The summed E-state index contributed by atoms with van der Waals surface area (Å²) >= 11 is 0. The lowest BCUT2D eigenvalue weighted by Crippen LogP contribution is -2.51. The molecular formula is C15H19FN2O2. The van der Waals surface area contributed by atoms with E-state index in [0.29, 0.717) is 25.6 Å². The van der Waals surface area contributed by atoms with Crippen LogP contribution in [0.25, 0.3) is 0 Å². The number of nitrogens with one attached hydrogen (secondary N) is 2. The number of hydrogen-bond donors (Lipinski definition) is 2. The Balaban J connectivity index is 1.65. The van der Waals surface area contributed by atoms with Gasteiger partial charge in [0.2, 0.25) is 5.91 Å². The minimum absolute atomic E-state index is 0.0384. The van der Waals surface area contributed by atoms with Crippen LogP contribution in [0.15, 0.2) is 24.3 Å². The minimum atomic E-state index is -0.432. The van der Waals surface area contributed by atoms with E-state index >= 15 is 0 Å². The average Bonchev–Trinajstić information content (AvgIpc) is 2.91. The molecule has 3 rings (SSSR count). The predicted octanol–water partition coefficient (Wildman–Crippen LogP) is 1.07. The highest BCUT2D eigenvalue weighted by Gasteiger charge is 2.50. The van der Waals surface area contributed by atoms with E-state index in [1.165, 1.54) is 12.1 Å². The Morgan fingerprint density at radius 3 is 3.05 bits per heavy atom. The second kappa shape index (κ2) is 5.50. The van der Waals surface area contributed by atoms with Crippen molar-refractivity contribution in [1.82, 2.24) is 10.6 Å². The second-order valence-corrected chi connectivity index (χ2v) is 5.63. The van der Waals surface area contributed by atoms with Gasteiger partial charge in [0.25, 0.3) is 0 Å². The molecule has 5 heteroatoms. The van der Waals surface area contributed by atoms with Crippen LogP contribution in [0, 0.1) is 17.2 Å². The lowest BCUT2D eigenvalue weighted by molar-refractivity contribution is -0.141. The van der Waals surface area contributed by atoms with Crippen LogP contribution in [0.3, 0.4) is 0 Å². The molecule has 1 aromatic rings. The summed E-state index contributed by atoms with van der Waals surface area (Å²) in [4.78, 5) is 12.5. The Labute approximate surface area is 117 Å². The van der Waals surface area contributed by atoms with E-state index in [1.807, 2.05) is 0 Å². The minimum Gasteiger partial charge on any atom is -0.380 e. The zero-order valence-electron chi connectivity index (χ0n) is 11.3. The van der Waals surface area contributed by atoms with Crippen LogP contribution in [0.2, 0.25) is 0 Å². The van der Waals surface area contributed by atoms with Gasteiger partial charge in [-0.05, 0) is 36.6 Å². The molecule has 2 aliphatic rings. The SMILES string of the molecule is O=C(NCc1ccc(F)cc1)[C@]12CNC[C@H]1CCOC2. The number of halogens is 1. The summed E-state index contributed by atoms with van der Waals surface area (Å²) in [5.74, 6) is 0.125. The lowest BCUT2D eigenvalue weighted by atomic mass is 9.75. The fourth-order valence-electron chi connectivity index (χ4n) is 3.13. The van der Waals surface area contributed by atoms with Gasteiger partial charge in [-0.3, -0.25) is 4.79 Å². The first-order chi connectivity index (χ1) is 9.71. The van der Waals surface area contributed by atoms with Gasteiger partial charge in [-0.2, -0.15) is 0 Å². The van der Waals surface area contributed by atoms with Crippen LogP contribution >= 0.6 is 0 Å². The summed E-state index contributed by atoms with van der Waals surface area (Å²) in [6, 6.07) is 6.19. The molecule has 0 spiro atoms. The molecular weight excluding hydrogens is 259 g/mol. The average molecular weight is 278 g/mol. The van der Waals surface area contributed by atoms with Gasteiger partial charge in [0.1, 0.15) is 5.82 Å². The van der Waals surface area contributed by atoms with Crippen molar-refractivity contribution >= 4 is 5.91 Å². The molecule has 108 valence electrons. The zero-order chi connectivity index (χ0) is 14.0. The van der Waals surface area contributed by atoms with Crippen molar-refractivity contribution in [2.24, 2.45) is 11.3 Å². The van der Waals surface area contributed by atoms with Crippen molar-refractivity contribution in [3.8, 4) is 0 Å². The first kappa shape index (κ1) is 13.5. The van der Waals surface area contributed by atoms with Gasteiger partial charge in [-0.25, -0.2) is 4.39 Å². The van der Waals surface area contributed by atoms with Gasteiger partial charge in [-0.15, -0.1) is 0 Å². The third-order valence-corrected chi connectivity index (χ3v) is 4.40. The number of rotatable bonds is 3. The molecule has 0 aliphatic carbocycles. The van der Waals surface area contributed by atoms with Gasteiger partial charge in [0, 0.05) is 19.7 Å². The van der Waals surface area contributed by atoms with Crippen LogP contribution in [0.5, 0.6) is 0 Å². The first-order valence-electron chi connectivity index (χ1n) is 7.02. The molecule has 0 saturated carbocycles. The Morgan fingerprint density at radius 2 is 2.25 bits per heavy atom. The highest BCUT2D eigenvalue weighted by atomic mass is 19.1. The molecule has 2 saturated heterocycles. The molecule has 0 unspecified atom stereocenters. The molecule has 1 amide bonds. The summed E-state index contributed by atoms with van der Waals surface area (Å²) in [5.41, 5.74) is 0.466. The normalized spacial score (nSPS) is 28.9. The van der Waals surface area contributed by atoms with E-state index in [0.717, 1.165) is 25.1 Å². The molecule has 0 radical (unpaired) electrons. The third kappa shape index (κ3) is 2.43. The number of fused-ring (bicyclic) bond motifs is 1. The highest BCUT2D eigenvalue weighted by Crippen LogP contribution is 2.37. The van der Waals surface area contributed by atoms with Crippen LogP contribution in [-0.4, -0.2) is 32.2 Å². The van der Waals surface area contributed by atoms with Crippen molar-refractivity contribution < 1.29 is 13.9 Å². The lowest BCUT2D eigenvalue weighted by Gasteiger charge is -2.36. The molecule has 0 bridgehead atoms. The van der Waals surface area contributed by atoms with E-state index < -0.39 is 5.41 Å². The summed E-state index contributed by atoms with van der Waals surface area (Å²) in [5, 5.41) is 6.27. The number of carbonyl (C=O) groups excluding carboxylic acids is 1. The van der Waals surface area contributed by atoms with E-state index in [4.69, 9.17) is 4.74 Å². The largest absolute Gasteiger partial charge is 0.380 e. The van der Waals surface area contributed by atoms with Crippen LogP contribution < -0.4 is 10.6 Å². The fraction of sp³-hybridized carbons (Fsp3) is 0.533. The van der Waals surface area contributed by atoms with Crippen molar-refractivity contribution in [3.05, 3.63) is 35.6 Å². The Kier molecular flexibility index (Phi) is 3.72. The first-order valence-corrected chi connectivity index (χ1v) is 7.02. The van der Waals surface area contributed by atoms with Crippen molar-refractivity contribution in [1.29, 1.82) is 0 Å². The number of carbonyl (C=O) groups is 1. The van der Waals surface area contributed by atoms with E-state index in [9.17, 15) is 9.18 Å². The van der Waals surface area contributed by atoms with Crippen LogP contribution in [-0.2, 0) is 16.1 Å². The van der Waals surface area contributed by atoms with Crippen LogP contribution in [0.1, 0.15) is 12.0 Å². The molecule has 1 aromatic carbocycles. The van der Waals surface area contributed by atoms with Gasteiger partial charge >= 0.3 is 0 Å². The second-order valence-electron chi connectivity index (χ2n) is 5.63. The molecule has 20 heavy (non-hydrogen) atoms. The fourth-order valence-corrected chi connectivity index (χ4v) is 3.13. The molecule has 2 fully saturated rings. The van der Waals surface area contributed by atoms with Crippen molar-refractivity contribution in [2.75, 3.05) is 26.3 Å². The van der Waals surface area contributed by atoms with Gasteiger partial charge in [-0.1, -0.05) is 12.1 Å². The van der Waals surface area contributed by atoms with Crippen molar-refractivity contribution in [2.45, 2.75) is 13.0 Å². The van der Waals surface area contributed by atoms with Crippen molar-refractivity contribution in [3.63, 3.8) is 0 Å². The van der Waals surface area contributed by atoms with Gasteiger partial charge in [0.05, 0.1) is 12.0 Å². The van der Waals surface area contributed by atoms with Crippen LogP contribution in [0.4, 0.5) is 4.39 Å². The topological polar surface area (TPSA) is 50.4 Å². The Bertz CT molecular complexity index is 491. The standard InChI is InChI=1S/C15H19FN2O2/c16-13-3-1-11(2-4-13)7-18-14(19)15-9-17-8-12(15)5-6-20-10-15/h1-4,12,17H,5-10H2,(H,18,19)/t12-,15+/m1/s1. The smallest absolute Gasteiger partial charge is 0.230 e. The number of benzene rings is 1. The maximum atomic E-state index is 12.8. The maximum absolute atomic E-state index is 12.8. The van der Waals surface area contributed by atoms with Gasteiger partial charge < -0.3 is 15.4 Å². The molecule has 4 nitrogen and oxygen atoms in total. The summed E-state index contributed by atoms with van der Waals surface area (Å²) in [6.45, 7) is 3.20. The maximum Gasteiger partial charge on any atom is 0.230 e. The van der Waals surface area contributed by atoms with Gasteiger partial charge in [0.15, 0.2) is 0 Å².